The molecule has 0 aliphatic carbocycles. The molecule has 98 valence electrons. The summed E-state index contributed by atoms with van der Waals surface area (Å²) in [7, 11) is 1.27. The van der Waals surface area contributed by atoms with Gasteiger partial charge in [-0.25, -0.2) is 0 Å². The van der Waals surface area contributed by atoms with E-state index in [1.54, 1.807) is 4.90 Å². The summed E-state index contributed by atoms with van der Waals surface area (Å²) in [5, 5.41) is 14.6. The molecule has 0 atom stereocenters. The molecular formula is C11H16N4O3. The standard InChI is InChI=1S/C11H16N4O3/c1-18-10(16)8-14-7-9(6-12)11(17)15-4-2-13-3-5-15/h7,13-14H,2-5,8H2,1H3/b9-7-. The van der Waals surface area contributed by atoms with Gasteiger partial charge in [0.25, 0.3) is 5.91 Å². The van der Waals surface area contributed by atoms with Crippen molar-refractivity contribution < 1.29 is 14.3 Å². The third-order valence-electron chi connectivity index (χ3n) is 2.48. The Balaban J connectivity index is 2.53. The van der Waals surface area contributed by atoms with Crippen LogP contribution < -0.4 is 10.6 Å². The van der Waals surface area contributed by atoms with Crippen molar-refractivity contribution in [2.24, 2.45) is 0 Å². The maximum atomic E-state index is 11.9. The van der Waals surface area contributed by atoms with E-state index in [0.717, 1.165) is 13.1 Å². The van der Waals surface area contributed by atoms with Crippen LogP contribution in [0.5, 0.6) is 0 Å². The highest BCUT2D eigenvalue weighted by molar-refractivity contribution is 5.97. The molecule has 18 heavy (non-hydrogen) atoms. The number of ether oxygens (including phenoxy) is 1. The third-order valence-corrected chi connectivity index (χ3v) is 2.48. The average Bonchev–Trinajstić information content (AvgIpc) is 2.43. The van der Waals surface area contributed by atoms with E-state index in [4.69, 9.17) is 5.26 Å². The lowest BCUT2D eigenvalue weighted by molar-refractivity contribution is -0.139. The fourth-order valence-electron chi connectivity index (χ4n) is 1.49. The maximum Gasteiger partial charge on any atom is 0.325 e. The van der Waals surface area contributed by atoms with E-state index in [-0.39, 0.29) is 18.0 Å². The van der Waals surface area contributed by atoms with Gasteiger partial charge in [0.2, 0.25) is 0 Å². The molecule has 0 unspecified atom stereocenters. The minimum absolute atomic E-state index is 0.0131. The van der Waals surface area contributed by atoms with Crippen LogP contribution in [-0.2, 0) is 14.3 Å². The molecule has 0 radical (unpaired) electrons. The highest BCUT2D eigenvalue weighted by Gasteiger charge is 2.19. The summed E-state index contributed by atoms with van der Waals surface area (Å²) < 4.78 is 4.43. The van der Waals surface area contributed by atoms with E-state index in [9.17, 15) is 9.59 Å². The van der Waals surface area contributed by atoms with Crippen molar-refractivity contribution >= 4 is 11.9 Å². The van der Waals surface area contributed by atoms with Gasteiger partial charge in [-0.2, -0.15) is 5.26 Å². The molecule has 0 spiro atoms. The van der Waals surface area contributed by atoms with Crippen molar-refractivity contribution in [2.45, 2.75) is 0 Å². The number of amides is 1. The number of carbonyl (C=O) groups is 2. The zero-order valence-electron chi connectivity index (χ0n) is 10.2. The van der Waals surface area contributed by atoms with Gasteiger partial charge < -0.3 is 20.3 Å². The number of esters is 1. The van der Waals surface area contributed by atoms with E-state index in [0.29, 0.717) is 13.1 Å². The molecule has 0 aromatic carbocycles. The molecule has 1 saturated heterocycles. The molecule has 1 heterocycles. The van der Waals surface area contributed by atoms with Crippen molar-refractivity contribution in [1.82, 2.24) is 15.5 Å². The predicted octanol–water partition coefficient (Wildman–Crippen LogP) is -1.41. The lowest BCUT2D eigenvalue weighted by Crippen LogP contribution is -2.47. The first-order valence-corrected chi connectivity index (χ1v) is 5.59. The number of hydrogen-bond acceptors (Lipinski definition) is 6. The molecule has 0 aromatic rings. The SMILES string of the molecule is COC(=O)CN/C=C(/C#N)C(=O)N1CCNCC1. The second-order valence-corrected chi connectivity index (χ2v) is 3.67. The Morgan fingerprint density at radius 2 is 2.17 bits per heavy atom. The highest BCUT2D eigenvalue weighted by atomic mass is 16.5. The second-order valence-electron chi connectivity index (χ2n) is 3.67. The Hall–Kier alpha value is -2.07. The molecule has 0 aromatic heterocycles. The fraction of sp³-hybridized carbons (Fsp3) is 0.545. The highest BCUT2D eigenvalue weighted by Crippen LogP contribution is 2.01. The van der Waals surface area contributed by atoms with E-state index >= 15 is 0 Å². The molecule has 1 fully saturated rings. The topological polar surface area (TPSA) is 94.5 Å². The summed E-state index contributed by atoms with van der Waals surface area (Å²) in [5.41, 5.74) is -0.0131. The Morgan fingerprint density at radius 3 is 2.72 bits per heavy atom. The number of methoxy groups -OCH3 is 1. The molecule has 0 saturated carbocycles. The number of rotatable bonds is 4. The first-order chi connectivity index (χ1) is 8.69. The summed E-state index contributed by atoms with van der Waals surface area (Å²) >= 11 is 0. The molecule has 7 nitrogen and oxygen atoms in total. The average molecular weight is 252 g/mol. The van der Waals surface area contributed by atoms with Crippen molar-refractivity contribution in [3.63, 3.8) is 0 Å². The fourth-order valence-corrected chi connectivity index (χ4v) is 1.49. The van der Waals surface area contributed by atoms with Crippen molar-refractivity contribution in [3.05, 3.63) is 11.8 Å². The number of carbonyl (C=O) groups excluding carboxylic acids is 2. The van der Waals surface area contributed by atoms with Gasteiger partial charge in [0.1, 0.15) is 18.2 Å². The summed E-state index contributed by atoms with van der Waals surface area (Å²) in [6.45, 7) is 2.53. The van der Waals surface area contributed by atoms with Gasteiger partial charge in [-0.1, -0.05) is 0 Å². The Bertz CT molecular complexity index is 380. The number of nitriles is 1. The normalized spacial score (nSPS) is 15.8. The van der Waals surface area contributed by atoms with Crippen LogP contribution in [0.2, 0.25) is 0 Å². The molecule has 0 bridgehead atoms. The van der Waals surface area contributed by atoms with Gasteiger partial charge in [0, 0.05) is 32.4 Å². The first-order valence-electron chi connectivity index (χ1n) is 5.59. The van der Waals surface area contributed by atoms with Gasteiger partial charge in [-0.15, -0.1) is 0 Å². The maximum absolute atomic E-state index is 11.9. The van der Waals surface area contributed by atoms with Crippen LogP contribution in [0.4, 0.5) is 0 Å². The van der Waals surface area contributed by atoms with E-state index in [1.165, 1.54) is 13.3 Å². The largest absolute Gasteiger partial charge is 0.468 e. The van der Waals surface area contributed by atoms with Crippen LogP contribution in [0.3, 0.4) is 0 Å². The molecule has 1 aliphatic rings. The van der Waals surface area contributed by atoms with Gasteiger partial charge in [0.15, 0.2) is 0 Å². The predicted molar refractivity (Wildman–Crippen MR) is 63.2 cm³/mol. The number of nitrogens with zero attached hydrogens (tertiary/aromatic N) is 2. The van der Waals surface area contributed by atoms with Crippen LogP contribution in [0.1, 0.15) is 0 Å². The third kappa shape index (κ3) is 4.07. The van der Waals surface area contributed by atoms with Gasteiger partial charge in [-0.3, -0.25) is 9.59 Å². The zero-order valence-corrected chi connectivity index (χ0v) is 10.2. The van der Waals surface area contributed by atoms with Crippen LogP contribution >= 0.6 is 0 Å². The quantitative estimate of drug-likeness (QED) is 0.362. The first kappa shape index (κ1) is 14.0. The van der Waals surface area contributed by atoms with Gasteiger partial charge in [0.05, 0.1) is 7.11 Å². The Morgan fingerprint density at radius 1 is 1.50 bits per heavy atom. The van der Waals surface area contributed by atoms with E-state index < -0.39 is 5.97 Å². The Labute approximate surface area is 105 Å². The van der Waals surface area contributed by atoms with Gasteiger partial charge in [-0.05, 0) is 0 Å². The monoisotopic (exact) mass is 252 g/mol. The van der Waals surface area contributed by atoms with Crippen LogP contribution in [0, 0.1) is 11.3 Å². The second kappa shape index (κ2) is 7.29. The Kier molecular flexibility index (Phi) is 5.67. The van der Waals surface area contributed by atoms with Crippen molar-refractivity contribution in [1.29, 1.82) is 5.26 Å². The summed E-state index contributed by atoms with van der Waals surface area (Å²) in [5.74, 6) is -0.783. The minimum Gasteiger partial charge on any atom is -0.468 e. The molecule has 7 heteroatoms. The van der Waals surface area contributed by atoms with E-state index in [2.05, 4.69) is 15.4 Å². The number of nitrogens with one attached hydrogen (secondary N) is 2. The summed E-state index contributed by atoms with van der Waals surface area (Å²) in [4.78, 5) is 24.4. The van der Waals surface area contributed by atoms with Gasteiger partial charge >= 0.3 is 5.97 Å². The molecule has 1 amide bonds. The molecule has 2 N–H and O–H groups in total. The zero-order chi connectivity index (χ0) is 13.4. The van der Waals surface area contributed by atoms with E-state index in [1.807, 2.05) is 6.07 Å². The smallest absolute Gasteiger partial charge is 0.325 e. The lowest BCUT2D eigenvalue weighted by atomic mass is 10.2. The van der Waals surface area contributed by atoms with Crippen LogP contribution in [-0.4, -0.2) is 56.6 Å². The molecular weight excluding hydrogens is 236 g/mol. The van der Waals surface area contributed by atoms with Crippen LogP contribution in [0.15, 0.2) is 11.8 Å². The van der Waals surface area contributed by atoms with Crippen molar-refractivity contribution in [2.75, 3.05) is 39.8 Å². The molecule has 1 rings (SSSR count). The minimum atomic E-state index is -0.460. The molecule has 1 aliphatic heterocycles. The number of hydrogen-bond donors (Lipinski definition) is 2. The summed E-state index contributed by atoms with van der Waals surface area (Å²) in [6.07, 6.45) is 1.25. The lowest BCUT2D eigenvalue weighted by Gasteiger charge is -2.27. The van der Waals surface area contributed by atoms with Crippen molar-refractivity contribution in [3.8, 4) is 6.07 Å². The summed E-state index contributed by atoms with van der Waals surface area (Å²) in [6, 6.07) is 1.83. The number of piperazine rings is 1. The van der Waals surface area contributed by atoms with Crippen LogP contribution in [0.25, 0.3) is 0 Å².